The summed E-state index contributed by atoms with van der Waals surface area (Å²) in [6.07, 6.45) is 4.22. The third kappa shape index (κ3) is 6.40. The largest absolute Gasteiger partial charge is 0.480 e. The van der Waals surface area contributed by atoms with Crippen molar-refractivity contribution >= 4 is 12.0 Å². The highest BCUT2D eigenvalue weighted by Gasteiger charge is 2.19. The highest BCUT2D eigenvalue weighted by atomic mass is 16.5. The van der Waals surface area contributed by atoms with Crippen molar-refractivity contribution in [2.75, 3.05) is 26.9 Å². The van der Waals surface area contributed by atoms with Gasteiger partial charge in [0.15, 0.2) is 6.04 Å². The van der Waals surface area contributed by atoms with E-state index in [9.17, 15) is 9.59 Å². The van der Waals surface area contributed by atoms with Crippen molar-refractivity contribution in [1.29, 1.82) is 0 Å². The van der Waals surface area contributed by atoms with Crippen LogP contribution < -0.4 is 10.6 Å². The lowest BCUT2D eigenvalue weighted by Crippen LogP contribution is -2.48. The molecule has 1 aliphatic rings. The third-order valence-electron chi connectivity index (χ3n) is 2.96. The smallest absolute Gasteiger partial charge is 0.328 e. The van der Waals surface area contributed by atoms with Crippen LogP contribution in [0.5, 0.6) is 0 Å². The topological polar surface area (TPSA) is 96.9 Å². The zero-order valence-electron chi connectivity index (χ0n) is 11.2. The van der Waals surface area contributed by atoms with Crippen molar-refractivity contribution in [3.63, 3.8) is 0 Å². The van der Waals surface area contributed by atoms with Crippen molar-refractivity contribution in [2.45, 2.75) is 37.8 Å². The molecule has 1 heterocycles. The molecule has 0 aliphatic carbocycles. The molecule has 1 saturated heterocycles. The first-order valence-electron chi connectivity index (χ1n) is 6.51. The maximum atomic E-state index is 11.5. The molecular formula is C12H22N2O5. The van der Waals surface area contributed by atoms with E-state index in [1.54, 1.807) is 0 Å². The molecule has 1 rings (SSSR count). The molecule has 2 atom stereocenters. The average molecular weight is 274 g/mol. The fourth-order valence-electron chi connectivity index (χ4n) is 1.93. The van der Waals surface area contributed by atoms with E-state index < -0.39 is 18.0 Å². The molecule has 110 valence electrons. The molecule has 3 N–H and O–H groups in total. The molecule has 0 saturated carbocycles. The fraction of sp³-hybridized carbons (Fsp3) is 0.833. The number of amides is 2. The average Bonchev–Trinajstić information content (AvgIpc) is 2.39. The second-order valence-corrected chi connectivity index (χ2v) is 4.52. The maximum absolute atomic E-state index is 11.5. The monoisotopic (exact) mass is 274 g/mol. The molecule has 2 unspecified atom stereocenters. The number of urea groups is 1. The maximum Gasteiger partial charge on any atom is 0.328 e. The Morgan fingerprint density at radius 3 is 2.84 bits per heavy atom. The van der Waals surface area contributed by atoms with Crippen LogP contribution in [0.4, 0.5) is 4.79 Å². The normalized spacial score (nSPS) is 20.6. The second-order valence-electron chi connectivity index (χ2n) is 4.52. The van der Waals surface area contributed by atoms with Gasteiger partial charge in [0.05, 0.1) is 12.7 Å². The second kappa shape index (κ2) is 8.71. The number of hydrogen-bond acceptors (Lipinski definition) is 4. The van der Waals surface area contributed by atoms with Gasteiger partial charge in [-0.15, -0.1) is 0 Å². The summed E-state index contributed by atoms with van der Waals surface area (Å²) in [6.45, 7) is 1.19. The van der Waals surface area contributed by atoms with E-state index in [-0.39, 0.29) is 12.7 Å². The summed E-state index contributed by atoms with van der Waals surface area (Å²) in [7, 11) is 1.38. The number of nitrogens with one attached hydrogen (secondary N) is 2. The van der Waals surface area contributed by atoms with Gasteiger partial charge in [-0.05, 0) is 25.7 Å². The van der Waals surface area contributed by atoms with Gasteiger partial charge in [0, 0.05) is 20.3 Å². The Morgan fingerprint density at radius 2 is 2.26 bits per heavy atom. The van der Waals surface area contributed by atoms with E-state index in [1.165, 1.54) is 7.11 Å². The van der Waals surface area contributed by atoms with E-state index in [0.717, 1.165) is 32.3 Å². The minimum Gasteiger partial charge on any atom is -0.480 e. The first-order chi connectivity index (χ1) is 9.13. The van der Waals surface area contributed by atoms with Crippen LogP contribution in [0.15, 0.2) is 0 Å². The zero-order chi connectivity index (χ0) is 14.1. The Kier molecular flexibility index (Phi) is 7.20. The van der Waals surface area contributed by atoms with E-state index in [2.05, 4.69) is 10.6 Å². The molecule has 7 heteroatoms. The van der Waals surface area contributed by atoms with Gasteiger partial charge >= 0.3 is 12.0 Å². The van der Waals surface area contributed by atoms with Gasteiger partial charge < -0.3 is 25.2 Å². The summed E-state index contributed by atoms with van der Waals surface area (Å²) in [5, 5.41) is 13.8. The van der Waals surface area contributed by atoms with Crippen LogP contribution in [0.25, 0.3) is 0 Å². The van der Waals surface area contributed by atoms with Crippen LogP contribution in [0, 0.1) is 0 Å². The van der Waals surface area contributed by atoms with Crippen molar-refractivity contribution in [1.82, 2.24) is 10.6 Å². The van der Waals surface area contributed by atoms with Crippen LogP contribution >= 0.6 is 0 Å². The summed E-state index contributed by atoms with van der Waals surface area (Å²) >= 11 is 0. The quantitative estimate of drug-likeness (QED) is 0.622. The van der Waals surface area contributed by atoms with Crippen LogP contribution in [0.3, 0.4) is 0 Å². The lowest BCUT2D eigenvalue weighted by atomic mass is 10.1. The fourth-order valence-corrected chi connectivity index (χ4v) is 1.93. The number of methoxy groups -OCH3 is 1. The summed E-state index contributed by atoms with van der Waals surface area (Å²) in [4.78, 5) is 22.3. The predicted molar refractivity (Wildman–Crippen MR) is 68.0 cm³/mol. The number of hydrogen-bond donors (Lipinski definition) is 3. The summed E-state index contributed by atoms with van der Waals surface area (Å²) in [6, 6.07) is -1.53. The number of ether oxygens (including phenoxy) is 2. The van der Waals surface area contributed by atoms with E-state index in [0.29, 0.717) is 6.54 Å². The number of carbonyl (C=O) groups is 2. The Labute approximate surface area is 112 Å². The van der Waals surface area contributed by atoms with Crippen LogP contribution in [-0.4, -0.2) is 56.1 Å². The third-order valence-corrected chi connectivity index (χ3v) is 2.96. The molecule has 0 aromatic carbocycles. The van der Waals surface area contributed by atoms with Crippen molar-refractivity contribution < 1.29 is 24.2 Å². The van der Waals surface area contributed by atoms with Crippen molar-refractivity contribution in [2.24, 2.45) is 0 Å². The molecule has 19 heavy (non-hydrogen) atoms. The Morgan fingerprint density at radius 1 is 1.47 bits per heavy atom. The summed E-state index contributed by atoms with van der Waals surface area (Å²) in [5.41, 5.74) is 0. The van der Waals surface area contributed by atoms with Gasteiger partial charge in [-0.3, -0.25) is 0 Å². The lowest BCUT2D eigenvalue weighted by Gasteiger charge is -2.22. The van der Waals surface area contributed by atoms with Gasteiger partial charge in [-0.1, -0.05) is 0 Å². The van der Waals surface area contributed by atoms with Crippen LogP contribution in [0.1, 0.15) is 25.7 Å². The SMILES string of the molecule is COCC(NC(=O)NCCC1CCCCO1)C(=O)O. The van der Waals surface area contributed by atoms with Gasteiger partial charge in [0.25, 0.3) is 0 Å². The number of rotatable bonds is 7. The number of carbonyl (C=O) groups excluding carboxylic acids is 1. The first kappa shape index (κ1) is 15.7. The molecule has 2 amide bonds. The van der Waals surface area contributed by atoms with Gasteiger partial charge in [-0.25, -0.2) is 9.59 Å². The Bertz CT molecular complexity index is 292. The predicted octanol–water partition coefficient (Wildman–Crippen LogP) is 0.344. The van der Waals surface area contributed by atoms with Gasteiger partial charge in [0.1, 0.15) is 0 Å². The Balaban J connectivity index is 2.17. The number of carboxylic acids is 1. The highest BCUT2D eigenvalue weighted by Crippen LogP contribution is 2.14. The lowest BCUT2D eigenvalue weighted by molar-refractivity contribution is -0.140. The molecule has 0 radical (unpaired) electrons. The van der Waals surface area contributed by atoms with Crippen molar-refractivity contribution in [3.8, 4) is 0 Å². The molecule has 1 fully saturated rings. The van der Waals surface area contributed by atoms with Crippen LogP contribution in [0.2, 0.25) is 0 Å². The minimum absolute atomic E-state index is 0.0610. The summed E-state index contributed by atoms with van der Waals surface area (Å²) in [5.74, 6) is -1.12. The number of carboxylic acid groups (broad SMARTS) is 1. The molecule has 0 spiro atoms. The molecular weight excluding hydrogens is 252 g/mol. The zero-order valence-corrected chi connectivity index (χ0v) is 11.2. The van der Waals surface area contributed by atoms with Crippen molar-refractivity contribution in [3.05, 3.63) is 0 Å². The molecule has 0 bridgehead atoms. The molecule has 7 nitrogen and oxygen atoms in total. The summed E-state index contributed by atoms with van der Waals surface area (Å²) < 4.78 is 10.3. The number of aliphatic carboxylic acids is 1. The van der Waals surface area contributed by atoms with Gasteiger partial charge in [-0.2, -0.15) is 0 Å². The standard InChI is InChI=1S/C12H22N2O5/c1-18-8-10(11(15)16)14-12(17)13-6-5-9-4-2-3-7-19-9/h9-10H,2-8H2,1H3,(H,15,16)(H2,13,14,17). The van der Waals surface area contributed by atoms with E-state index in [4.69, 9.17) is 14.6 Å². The minimum atomic E-state index is -1.12. The Hall–Kier alpha value is -1.34. The van der Waals surface area contributed by atoms with Crippen LogP contribution in [-0.2, 0) is 14.3 Å². The molecule has 1 aliphatic heterocycles. The molecule has 0 aromatic heterocycles. The van der Waals surface area contributed by atoms with E-state index >= 15 is 0 Å². The van der Waals surface area contributed by atoms with E-state index in [1.807, 2.05) is 0 Å². The first-order valence-corrected chi connectivity index (χ1v) is 6.51. The highest BCUT2D eigenvalue weighted by molar-refractivity contribution is 5.82. The molecule has 0 aromatic rings. The van der Waals surface area contributed by atoms with Gasteiger partial charge in [0.2, 0.25) is 0 Å².